The van der Waals surface area contributed by atoms with E-state index < -0.39 is 0 Å². The summed E-state index contributed by atoms with van der Waals surface area (Å²) in [6.07, 6.45) is 2.95. The smallest absolute Gasteiger partial charge is 0.267 e. The van der Waals surface area contributed by atoms with E-state index in [-0.39, 0.29) is 5.91 Å². The lowest BCUT2D eigenvalue weighted by atomic mass is 10.2. The first kappa shape index (κ1) is 8.81. The van der Waals surface area contributed by atoms with Crippen molar-refractivity contribution in [2.45, 2.75) is 19.4 Å². The minimum Gasteiger partial charge on any atom is -0.351 e. The van der Waals surface area contributed by atoms with E-state index in [1.54, 1.807) is 0 Å². The Morgan fingerprint density at radius 1 is 1.69 bits per heavy atom. The van der Waals surface area contributed by atoms with Crippen molar-refractivity contribution in [1.29, 1.82) is 0 Å². The fraction of sp³-hybridized carbons (Fsp3) is 0.444. The SMILES string of the molecule is CC1CCNC(=O)c2cc(Br)cn21. The zero-order chi connectivity index (χ0) is 9.42. The Morgan fingerprint density at radius 3 is 3.23 bits per heavy atom. The van der Waals surface area contributed by atoms with Crippen LogP contribution in [0.4, 0.5) is 0 Å². The van der Waals surface area contributed by atoms with Crippen molar-refractivity contribution in [1.82, 2.24) is 9.88 Å². The van der Waals surface area contributed by atoms with Gasteiger partial charge in [-0.15, -0.1) is 0 Å². The van der Waals surface area contributed by atoms with Crippen LogP contribution in [-0.2, 0) is 0 Å². The van der Waals surface area contributed by atoms with Gasteiger partial charge in [0.1, 0.15) is 5.69 Å². The average Bonchev–Trinajstić information content (AvgIpc) is 2.41. The largest absolute Gasteiger partial charge is 0.351 e. The molecule has 4 heteroatoms. The van der Waals surface area contributed by atoms with Crippen LogP contribution in [0.25, 0.3) is 0 Å². The maximum atomic E-state index is 11.5. The summed E-state index contributed by atoms with van der Waals surface area (Å²) in [5, 5.41) is 2.86. The molecular formula is C9H11BrN2O. The quantitative estimate of drug-likeness (QED) is 0.742. The van der Waals surface area contributed by atoms with Gasteiger partial charge in [-0.1, -0.05) is 0 Å². The summed E-state index contributed by atoms with van der Waals surface area (Å²) >= 11 is 3.37. The number of carbonyl (C=O) groups excluding carboxylic acids is 1. The number of nitrogens with zero attached hydrogens (tertiary/aromatic N) is 1. The van der Waals surface area contributed by atoms with Crippen LogP contribution in [0.15, 0.2) is 16.7 Å². The molecule has 1 aliphatic rings. The maximum absolute atomic E-state index is 11.5. The predicted octanol–water partition coefficient (Wildman–Crippen LogP) is 1.95. The molecule has 0 saturated carbocycles. The minimum absolute atomic E-state index is 0.0232. The highest BCUT2D eigenvalue weighted by Crippen LogP contribution is 2.22. The molecule has 1 aromatic rings. The number of hydrogen-bond acceptors (Lipinski definition) is 1. The topological polar surface area (TPSA) is 34.0 Å². The zero-order valence-electron chi connectivity index (χ0n) is 7.38. The summed E-state index contributed by atoms with van der Waals surface area (Å²) in [5.41, 5.74) is 0.747. The van der Waals surface area contributed by atoms with E-state index in [4.69, 9.17) is 0 Å². The lowest BCUT2D eigenvalue weighted by molar-refractivity contribution is 0.0951. The fourth-order valence-corrected chi connectivity index (χ4v) is 2.05. The number of halogens is 1. The van der Waals surface area contributed by atoms with Gasteiger partial charge in [0.25, 0.3) is 5.91 Å². The molecule has 13 heavy (non-hydrogen) atoms. The molecule has 1 N–H and O–H groups in total. The Morgan fingerprint density at radius 2 is 2.46 bits per heavy atom. The molecule has 2 heterocycles. The second kappa shape index (κ2) is 3.18. The number of rotatable bonds is 0. The van der Waals surface area contributed by atoms with Crippen molar-refractivity contribution in [2.75, 3.05) is 6.54 Å². The molecule has 0 aliphatic carbocycles. The highest BCUT2D eigenvalue weighted by molar-refractivity contribution is 9.10. The number of aromatic nitrogens is 1. The van der Waals surface area contributed by atoms with Crippen LogP contribution in [0.1, 0.15) is 29.9 Å². The van der Waals surface area contributed by atoms with Crippen molar-refractivity contribution < 1.29 is 4.79 Å². The van der Waals surface area contributed by atoms with Gasteiger partial charge in [0.2, 0.25) is 0 Å². The second-order valence-corrected chi connectivity index (χ2v) is 4.26. The number of fused-ring (bicyclic) bond motifs is 1. The molecule has 70 valence electrons. The third kappa shape index (κ3) is 1.50. The zero-order valence-corrected chi connectivity index (χ0v) is 8.97. The van der Waals surface area contributed by atoms with Gasteiger partial charge in [-0.25, -0.2) is 0 Å². The van der Waals surface area contributed by atoms with Gasteiger partial charge in [0.15, 0.2) is 0 Å². The standard InChI is InChI=1S/C9H11BrN2O/c1-6-2-3-11-9(13)8-4-7(10)5-12(6)8/h4-6H,2-3H2,1H3,(H,11,13). The lowest BCUT2D eigenvalue weighted by Gasteiger charge is -2.11. The monoisotopic (exact) mass is 242 g/mol. The summed E-state index contributed by atoms with van der Waals surface area (Å²) in [5.74, 6) is 0.0232. The molecular weight excluding hydrogens is 232 g/mol. The molecule has 0 radical (unpaired) electrons. The summed E-state index contributed by atoms with van der Waals surface area (Å²) < 4.78 is 2.98. The molecule has 0 bridgehead atoms. The third-order valence-corrected chi connectivity index (χ3v) is 2.80. The van der Waals surface area contributed by atoms with Crippen molar-refractivity contribution in [3.63, 3.8) is 0 Å². The molecule has 1 amide bonds. The first-order chi connectivity index (χ1) is 6.18. The fourth-order valence-electron chi connectivity index (χ4n) is 1.62. The van der Waals surface area contributed by atoms with E-state index >= 15 is 0 Å². The molecule has 0 spiro atoms. The Bertz CT molecular complexity index is 345. The van der Waals surface area contributed by atoms with Crippen LogP contribution in [0.3, 0.4) is 0 Å². The minimum atomic E-state index is 0.0232. The molecule has 2 rings (SSSR count). The summed E-state index contributed by atoms with van der Waals surface area (Å²) in [6.45, 7) is 2.88. The highest BCUT2D eigenvalue weighted by Gasteiger charge is 2.19. The third-order valence-electron chi connectivity index (χ3n) is 2.37. The van der Waals surface area contributed by atoms with Crippen LogP contribution in [-0.4, -0.2) is 17.0 Å². The van der Waals surface area contributed by atoms with Gasteiger partial charge in [0.05, 0.1) is 0 Å². The summed E-state index contributed by atoms with van der Waals surface area (Å²) in [7, 11) is 0. The average molecular weight is 243 g/mol. The van der Waals surface area contributed by atoms with Crippen molar-refractivity contribution >= 4 is 21.8 Å². The molecule has 0 saturated heterocycles. The first-order valence-corrected chi connectivity index (χ1v) is 5.13. The van der Waals surface area contributed by atoms with Crippen LogP contribution < -0.4 is 5.32 Å². The molecule has 0 aromatic carbocycles. The van der Waals surface area contributed by atoms with Crippen molar-refractivity contribution in [3.8, 4) is 0 Å². The molecule has 1 atom stereocenters. The molecule has 3 nitrogen and oxygen atoms in total. The lowest BCUT2D eigenvalue weighted by Crippen LogP contribution is -2.22. The Labute approximate surface area is 85.2 Å². The van der Waals surface area contributed by atoms with E-state index in [0.29, 0.717) is 6.04 Å². The maximum Gasteiger partial charge on any atom is 0.267 e. The van der Waals surface area contributed by atoms with Gasteiger partial charge in [-0.05, 0) is 35.3 Å². The van der Waals surface area contributed by atoms with Crippen LogP contribution >= 0.6 is 15.9 Å². The molecule has 0 fully saturated rings. The van der Waals surface area contributed by atoms with Crippen LogP contribution in [0, 0.1) is 0 Å². The Balaban J connectivity index is 2.49. The number of amides is 1. The Kier molecular flexibility index (Phi) is 2.15. The van der Waals surface area contributed by atoms with Gasteiger partial charge >= 0.3 is 0 Å². The second-order valence-electron chi connectivity index (χ2n) is 3.34. The van der Waals surface area contributed by atoms with Gasteiger partial charge in [-0.2, -0.15) is 0 Å². The number of carbonyl (C=O) groups is 1. The summed E-state index contributed by atoms with van der Waals surface area (Å²) in [4.78, 5) is 11.5. The van der Waals surface area contributed by atoms with E-state index in [0.717, 1.165) is 23.1 Å². The first-order valence-electron chi connectivity index (χ1n) is 4.34. The van der Waals surface area contributed by atoms with Gasteiger partial charge in [-0.3, -0.25) is 4.79 Å². The van der Waals surface area contributed by atoms with E-state index in [1.807, 2.05) is 16.8 Å². The van der Waals surface area contributed by atoms with Crippen molar-refractivity contribution in [3.05, 3.63) is 22.4 Å². The molecule has 1 aromatic heterocycles. The summed E-state index contributed by atoms with van der Waals surface area (Å²) in [6, 6.07) is 2.25. The van der Waals surface area contributed by atoms with Crippen molar-refractivity contribution in [2.24, 2.45) is 0 Å². The van der Waals surface area contributed by atoms with E-state index in [1.165, 1.54) is 0 Å². The van der Waals surface area contributed by atoms with E-state index in [9.17, 15) is 4.79 Å². The highest BCUT2D eigenvalue weighted by atomic mass is 79.9. The number of hydrogen-bond donors (Lipinski definition) is 1. The normalized spacial score (nSPS) is 22.0. The van der Waals surface area contributed by atoms with Gasteiger partial charge in [0, 0.05) is 23.3 Å². The molecule has 1 aliphatic heterocycles. The van der Waals surface area contributed by atoms with Crippen LogP contribution in [0.2, 0.25) is 0 Å². The van der Waals surface area contributed by atoms with Crippen LogP contribution in [0.5, 0.6) is 0 Å². The van der Waals surface area contributed by atoms with Gasteiger partial charge < -0.3 is 9.88 Å². The van der Waals surface area contributed by atoms with E-state index in [2.05, 4.69) is 28.2 Å². The predicted molar refractivity (Wildman–Crippen MR) is 53.8 cm³/mol. The number of nitrogens with one attached hydrogen (secondary N) is 1. The molecule has 1 unspecified atom stereocenters. The Hall–Kier alpha value is -0.770.